The normalized spacial score (nSPS) is 15.3. The maximum atomic E-state index is 12.6. The van der Waals surface area contributed by atoms with Crippen molar-refractivity contribution in [3.8, 4) is 0 Å². The molecule has 1 aliphatic carbocycles. The van der Waals surface area contributed by atoms with Gasteiger partial charge in [-0.15, -0.1) is 0 Å². The first kappa shape index (κ1) is 19.4. The van der Waals surface area contributed by atoms with Crippen molar-refractivity contribution in [3.05, 3.63) is 53.7 Å². The lowest BCUT2D eigenvalue weighted by Gasteiger charge is -2.17. The number of esters is 1. The van der Waals surface area contributed by atoms with E-state index in [-0.39, 0.29) is 11.9 Å². The highest BCUT2D eigenvalue weighted by molar-refractivity contribution is 7.99. The number of hydrogen-bond donors (Lipinski definition) is 1. The number of pyridine rings is 1. The van der Waals surface area contributed by atoms with Gasteiger partial charge in [-0.1, -0.05) is 42.3 Å². The third-order valence-electron chi connectivity index (χ3n) is 4.58. The zero-order valence-corrected chi connectivity index (χ0v) is 16.4. The fourth-order valence-electron chi connectivity index (χ4n) is 3.01. The minimum Gasteiger partial charge on any atom is -0.449 e. The van der Waals surface area contributed by atoms with Crippen LogP contribution in [0.2, 0.25) is 0 Å². The lowest BCUT2D eigenvalue weighted by molar-refractivity contribution is -0.129. The molecule has 1 atom stereocenters. The number of carbonyl (C=O) groups is 2. The van der Waals surface area contributed by atoms with Crippen LogP contribution in [0, 0.1) is 6.92 Å². The maximum absolute atomic E-state index is 12.6. The van der Waals surface area contributed by atoms with Crippen LogP contribution in [-0.4, -0.2) is 29.0 Å². The van der Waals surface area contributed by atoms with Crippen molar-refractivity contribution in [1.29, 1.82) is 0 Å². The molecule has 1 heterocycles. The molecule has 2 aromatic rings. The van der Waals surface area contributed by atoms with Crippen molar-refractivity contribution >= 4 is 23.6 Å². The van der Waals surface area contributed by atoms with Crippen molar-refractivity contribution < 1.29 is 14.3 Å². The molecule has 1 fully saturated rings. The first-order valence-electron chi connectivity index (χ1n) is 9.24. The second-order valence-electron chi connectivity index (χ2n) is 6.81. The molecule has 0 bridgehead atoms. The van der Waals surface area contributed by atoms with E-state index in [1.54, 1.807) is 25.3 Å². The van der Waals surface area contributed by atoms with E-state index in [4.69, 9.17) is 4.74 Å². The van der Waals surface area contributed by atoms with Gasteiger partial charge < -0.3 is 10.1 Å². The van der Waals surface area contributed by atoms with Crippen LogP contribution < -0.4 is 5.32 Å². The van der Waals surface area contributed by atoms with Crippen LogP contribution in [0.15, 0.2) is 52.5 Å². The van der Waals surface area contributed by atoms with E-state index in [0.717, 1.165) is 30.6 Å². The van der Waals surface area contributed by atoms with E-state index in [2.05, 4.69) is 10.3 Å². The summed E-state index contributed by atoms with van der Waals surface area (Å²) < 4.78 is 5.40. The summed E-state index contributed by atoms with van der Waals surface area (Å²) in [4.78, 5) is 30.2. The number of amides is 1. The Labute approximate surface area is 163 Å². The van der Waals surface area contributed by atoms with Crippen molar-refractivity contribution in [2.45, 2.75) is 61.6 Å². The van der Waals surface area contributed by atoms with E-state index >= 15 is 0 Å². The van der Waals surface area contributed by atoms with Crippen molar-refractivity contribution in [2.75, 3.05) is 0 Å². The summed E-state index contributed by atoms with van der Waals surface area (Å²) in [5.74, 6) is -0.779. The van der Waals surface area contributed by atoms with E-state index < -0.39 is 12.1 Å². The fraction of sp³-hybridized carbons (Fsp3) is 0.381. The van der Waals surface area contributed by atoms with Crippen LogP contribution in [0.3, 0.4) is 0 Å². The van der Waals surface area contributed by atoms with Crippen LogP contribution in [-0.2, 0) is 9.53 Å². The van der Waals surface area contributed by atoms with Gasteiger partial charge in [0.1, 0.15) is 5.03 Å². The second kappa shape index (κ2) is 9.04. The topological polar surface area (TPSA) is 68.3 Å². The predicted molar refractivity (Wildman–Crippen MR) is 105 cm³/mol. The summed E-state index contributed by atoms with van der Waals surface area (Å²) in [5, 5.41) is 3.52. The largest absolute Gasteiger partial charge is 0.449 e. The molecule has 3 rings (SSSR count). The van der Waals surface area contributed by atoms with Gasteiger partial charge in [0.25, 0.3) is 5.91 Å². The number of nitrogens with zero attached hydrogens (tertiary/aromatic N) is 1. The lowest BCUT2D eigenvalue weighted by Crippen LogP contribution is -2.40. The van der Waals surface area contributed by atoms with E-state index in [9.17, 15) is 9.59 Å². The number of ether oxygens (including phenoxy) is 1. The molecule has 1 aromatic carbocycles. The minimum atomic E-state index is -0.837. The van der Waals surface area contributed by atoms with Crippen LogP contribution >= 0.6 is 11.8 Å². The molecular weight excluding hydrogens is 360 g/mol. The number of aromatic nitrogens is 1. The molecule has 1 aliphatic rings. The number of aryl methyl sites for hydroxylation is 1. The van der Waals surface area contributed by atoms with Gasteiger partial charge in [0.15, 0.2) is 6.10 Å². The Bertz CT molecular complexity index is 801. The summed E-state index contributed by atoms with van der Waals surface area (Å²) in [5.41, 5.74) is 1.53. The molecule has 142 valence electrons. The van der Waals surface area contributed by atoms with Crippen molar-refractivity contribution in [2.24, 2.45) is 0 Å². The van der Waals surface area contributed by atoms with Crippen molar-refractivity contribution in [1.82, 2.24) is 10.3 Å². The highest BCUT2D eigenvalue weighted by atomic mass is 32.2. The average Bonchev–Trinajstić information content (AvgIpc) is 3.17. The van der Waals surface area contributed by atoms with E-state index in [1.165, 1.54) is 17.3 Å². The van der Waals surface area contributed by atoms with Crippen LogP contribution in [0.4, 0.5) is 0 Å². The number of carbonyl (C=O) groups excluding carboxylic acids is 2. The molecule has 0 unspecified atom stereocenters. The number of nitrogens with one attached hydrogen (secondary N) is 1. The van der Waals surface area contributed by atoms with E-state index in [0.29, 0.717) is 10.6 Å². The van der Waals surface area contributed by atoms with Gasteiger partial charge in [0.05, 0.1) is 5.56 Å². The number of rotatable bonds is 6. The first-order chi connectivity index (χ1) is 13.0. The zero-order chi connectivity index (χ0) is 19.2. The Hall–Kier alpha value is -2.34. The molecule has 1 N–H and O–H groups in total. The summed E-state index contributed by atoms with van der Waals surface area (Å²) in [6, 6.07) is 11.6. The van der Waals surface area contributed by atoms with Crippen LogP contribution in [0.5, 0.6) is 0 Å². The summed E-state index contributed by atoms with van der Waals surface area (Å²) in [7, 11) is 0. The second-order valence-corrected chi connectivity index (χ2v) is 7.87. The SMILES string of the molecule is Cc1ccc(Sc2ncccc2C(=O)O[C@H](C)C(=O)NC2CCCC2)cc1. The lowest BCUT2D eigenvalue weighted by atomic mass is 10.2. The van der Waals surface area contributed by atoms with Gasteiger partial charge in [-0.25, -0.2) is 9.78 Å². The standard InChI is InChI=1S/C21H24N2O3S/c1-14-9-11-17(12-10-14)27-20-18(8-5-13-22-20)21(25)26-15(2)19(24)23-16-6-3-4-7-16/h5,8-13,15-16H,3-4,6-7H2,1-2H3,(H,23,24)/t15-/m1/s1. The smallest absolute Gasteiger partial charge is 0.341 e. The summed E-state index contributed by atoms with van der Waals surface area (Å²) >= 11 is 1.40. The monoisotopic (exact) mass is 384 g/mol. The minimum absolute atomic E-state index is 0.199. The Morgan fingerprint density at radius 2 is 1.89 bits per heavy atom. The fourth-order valence-corrected chi connectivity index (χ4v) is 3.88. The Balaban J connectivity index is 1.65. The zero-order valence-electron chi connectivity index (χ0n) is 15.6. The molecule has 0 spiro atoms. The number of hydrogen-bond acceptors (Lipinski definition) is 5. The highest BCUT2D eigenvalue weighted by Gasteiger charge is 2.24. The molecule has 5 nitrogen and oxygen atoms in total. The third kappa shape index (κ3) is 5.32. The van der Waals surface area contributed by atoms with Crippen LogP contribution in [0.1, 0.15) is 48.5 Å². The summed E-state index contributed by atoms with van der Waals surface area (Å²) in [6.45, 7) is 3.63. The third-order valence-corrected chi connectivity index (χ3v) is 5.61. The van der Waals surface area contributed by atoms with Crippen LogP contribution in [0.25, 0.3) is 0 Å². The highest BCUT2D eigenvalue weighted by Crippen LogP contribution is 2.29. The van der Waals surface area contributed by atoms with Gasteiger partial charge in [-0.05, 0) is 51.0 Å². The summed E-state index contributed by atoms with van der Waals surface area (Å²) in [6.07, 6.45) is 5.06. The molecule has 0 radical (unpaired) electrons. The Morgan fingerprint density at radius 3 is 2.59 bits per heavy atom. The molecule has 1 aromatic heterocycles. The van der Waals surface area contributed by atoms with Crippen molar-refractivity contribution in [3.63, 3.8) is 0 Å². The molecule has 1 amide bonds. The Kier molecular flexibility index (Phi) is 6.50. The average molecular weight is 385 g/mol. The quantitative estimate of drug-likeness (QED) is 0.758. The van der Waals surface area contributed by atoms with Gasteiger partial charge >= 0.3 is 5.97 Å². The van der Waals surface area contributed by atoms with Gasteiger partial charge in [-0.3, -0.25) is 4.79 Å². The van der Waals surface area contributed by atoms with E-state index in [1.807, 2.05) is 31.2 Å². The van der Waals surface area contributed by atoms with Gasteiger partial charge in [0, 0.05) is 17.1 Å². The predicted octanol–water partition coefficient (Wildman–Crippen LogP) is 4.15. The van der Waals surface area contributed by atoms with Gasteiger partial charge in [0.2, 0.25) is 0 Å². The van der Waals surface area contributed by atoms with Gasteiger partial charge in [-0.2, -0.15) is 0 Å². The molecule has 0 saturated heterocycles. The Morgan fingerprint density at radius 1 is 1.19 bits per heavy atom. The maximum Gasteiger partial charge on any atom is 0.341 e. The first-order valence-corrected chi connectivity index (χ1v) is 10.1. The molecular formula is C21H24N2O3S. The molecule has 0 aliphatic heterocycles. The molecule has 1 saturated carbocycles. The molecule has 6 heteroatoms. The molecule has 27 heavy (non-hydrogen) atoms. The number of benzene rings is 1.